The summed E-state index contributed by atoms with van der Waals surface area (Å²) in [5.74, 6) is -4.59. The Labute approximate surface area is 403 Å². The number of rotatable bonds is 31. The number of hydrogen-bond acceptors (Lipinski definition) is 19. The molecule has 4 aromatic rings. The van der Waals surface area contributed by atoms with Crippen LogP contribution in [0.3, 0.4) is 0 Å². The molecule has 0 spiro atoms. The number of carbonyl (C=O) groups is 5. The van der Waals surface area contributed by atoms with E-state index < -0.39 is 85.1 Å². The van der Waals surface area contributed by atoms with Crippen molar-refractivity contribution in [3.8, 4) is 17.6 Å². The van der Waals surface area contributed by atoms with Gasteiger partial charge in [-0.3, -0.25) is 14.4 Å². The Balaban J connectivity index is 1.64. The average molecular weight is 980 g/mol. The zero-order chi connectivity index (χ0) is 51.1. The van der Waals surface area contributed by atoms with Gasteiger partial charge in [0.25, 0.3) is 0 Å². The highest BCUT2D eigenvalue weighted by atomic mass is 16.6. The third-order valence-electron chi connectivity index (χ3n) is 11.0. The van der Waals surface area contributed by atoms with Crippen molar-refractivity contribution in [1.29, 1.82) is 0 Å². The van der Waals surface area contributed by atoms with Crippen LogP contribution in [0, 0.1) is 38.5 Å². The number of carbonyl (C=O) groups excluding carboxylic acids is 5. The van der Waals surface area contributed by atoms with E-state index in [9.17, 15) is 43.5 Å². The van der Waals surface area contributed by atoms with E-state index in [-0.39, 0.29) is 53.4 Å². The molecule has 0 bridgehead atoms. The molecule has 2 N–H and O–H groups in total. The number of ketones is 1. The molecule has 3 atom stereocenters. The number of aliphatic hydroxyl groups is 1. The topological polar surface area (TPSA) is 285 Å². The molecule has 70 heavy (non-hydrogen) atoms. The lowest BCUT2D eigenvalue weighted by Crippen LogP contribution is -2.56. The lowest BCUT2D eigenvalue weighted by Gasteiger charge is -2.32. The zero-order valence-electron chi connectivity index (χ0n) is 40.1. The normalized spacial score (nSPS) is 12.9. The first kappa shape index (κ1) is 55.5. The summed E-state index contributed by atoms with van der Waals surface area (Å²) in [5.41, 5.74) is -2.62. The number of unbranched alkanes of at least 4 members (excludes halogenated alkanes) is 8. The Morgan fingerprint density at radius 2 is 1.24 bits per heavy atom. The minimum absolute atomic E-state index is 0.00926. The van der Waals surface area contributed by atoms with Crippen molar-refractivity contribution in [2.75, 3.05) is 6.61 Å². The third-order valence-corrected chi connectivity index (χ3v) is 11.0. The van der Waals surface area contributed by atoms with Gasteiger partial charge in [-0.15, -0.1) is 5.92 Å². The Morgan fingerprint density at radius 1 is 0.714 bits per heavy atom. The molecule has 4 rings (SSSR count). The van der Waals surface area contributed by atoms with Crippen LogP contribution in [-0.2, 0) is 64.4 Å². The Morgan fingerprint density at radius 3 is 1.77 bits per heavy atom. The Bertz CT molecular complexity index is 2610. The van der Waals surface area contributed by atoms with Crippen LogP contribution in [0.4, 0.5) is 0 Å². The van der Waals surface area contributed by atoms with Crippen LogP contribution in [0.1, 0.15) is 137 Å². The molecule has 20 nitrogen and oxygen atoms in total. The van der Waals surface area contributed by atoms with Gasteiger partial charge in [0, 0.05) is 19.3 Å². The van der Waals surface area contributed by atoms with Gasteiger partial charge in [0.05, 0.1) is 12.3 Å². The van der Waals surface area contributed by atoms with Crippen LogP contribution >= 0.6 is 0 Å². The molecule has 380 valence electrons. The molecule has 0 unspecified atom stereocenters. The number of benzene rings is 1. The summed E-state index contributed by atoms with van der Waals surface area (Å²) in [6.45, 7) is 6.03. The number of amides is 1. The molecule has 0 aliphatic carbocycles. The lowest BCUT2D eigenvalue weighted by molar-refractivity contribution is -0.181. The molecule has 0 saturated heterocycles. The smallest absolute Gasteiger partial charge is 0.481 e. The molecular formula is C50H61NO19. The molecule has 0 radical (unpaired) electrons. The Hall–Kier alpha value is -7.14. The molecule has 0 aliphatic heterocycles. The van der Waals surface area contributed by atoms with Gasteiger partial charge in [0.15, 0.2) is 60.0 Å². The number of allylic oxidation sites excluding steroid dienone is 1. The number of aryl methyl sites for hydroxylation is 3. The lowest BCUT2D eigenvalue weighted by atomic mass is 9.82. The van der Waals surface area contributed by atoms with E-state index in [1.807, 2.05) is 0 Å². The number of Topliss-reactive ketones (excluding diaryl/α,β-unsaturated/α-hetero) is 1. The highest BCUT2D eigenvalue weighted by Crippen LogP contribution is 2.29. The van der Waals surface area contributed by atoms with E-state index in [0.717, 1.165) is 38.5 Å². The molecule has 20 heteroatoms. The maximum atomic E-state index is 14.7. The first-order chi connectivity index (χ1) is 33.5. The van der Waals surface area contributed by atoms with Crippen LogP contribution in [0.5, 0.6) is 5.75 Å². The summed E-state index contributed by atoms with van der Waals surface area (Å²) < 4.78 is 51.0. The second kappa shape index (κ2) is 28.4. The minimum atomic E-state index is -3.11. The SMILES string of the molecule is CC#CCOc1ccc(C[C@H](NC(=O)[C@@H](/C=C/CCCCCCC(=O)CCCCCCC)[C@@](O)(CC(=O)OCc2oc(=O)oc2C)C(=O)OCc2oc(=O)oc2C)C(=O)OCc2oc(=O)oc2C)cc1. The number of hydrogen-bond donors (Lipinski definition) is 2. The monoisotopic (exact) mass is 979 g/mol. The quantitative estimate of drug-likeness (QED) is 0.0179. The van der Waals surface area contributed by atoms with Crippen LogP contribution < -0.4 is 27.5 Å². The first-order valence-corrected chi connectivity index (χ1v) is 23.1. The molecule has 0 saturated carbocycles. The highest BCUT2D eigenvalue weighted by molar-refractivity contribution is 5.95. The summed E-state index contributed by atoms with van der Waals surface area (Å²) >= 11 is 0. The maximum absolute atomic E-state index is 14.7. The standard InChI is InChI=1S/C50H61NO19/c1-6-8-10-13-16-19-36(52)20-17-14-11-12-15-18-21-38(50(60,46(56)64-31-42-34(5)67-49(59)70-42)28-43(53)62-29-40-32(3)65-47(57)68-40)44(54)51-39(45(55)63-30-41-33(4)66-48(58)69-41)27-35-22-24-37(25-23-35)61-26-9-7-2/h18,21-25,38-39,60H,6,8,10-17,19-20,26-31H2,1-5H3,(H,51,54)/b21-18+/t38-,39+,50+/m1/s1. The number of esters is 3. The number of nitrogens with one attached hydrogen (secondary N) is 1. The summed E-state index contributed by atoms with van der Waals surface area (Å²) in [6.07, 6.45) is 10.6. The number of ether oxygens (including phenoxy) is 4. The minimum Gasteiger partial charge on any atom is -0.481 e. The van der Waals surface area contributed by atoms with Crippen molar-refractivity contribution in [3.63, 3.8) is 0 Å². The summed E-state index contributed by atoms with van der Waals surface area (Å²) in [4.78, 5) is 104. The summed E-state index contributed by atoms with van der Waals surface area (Å²) in [7, 11) is 0. The first-order valence-electron chi connectivity index (χ1n) is 23.1. The molecule has 0 aliphatic rings. The molecule has 3 heterocycles. The summed E-state index contributed by atoms with van der Waals surface area (Å²) in [6, 6.07) is 4.90. The van der Waals surface area contributed by atoms with Crippen molar-refractivity contribution in [2.45, 2.75) is 156 Å². The van der Waals surface area contributed by atoms with E-state index in [1.165, 1.54) is 32.9 Å². The third kappa shape index (κ3) is 18.1. The van der Waals surface area contributed by atoms with Crippen LogP contribution in [0.25, 0.3) is 0 Å². The second-order valence-electron chi connectivity index (χ2n) is 16.4. The molecule has 1 aromatic carbocycles. The van der Waals surface area contributed by atoms with Gasteiger partial charge in [-0.05, 0) is 71.1 Å². The van der Waals surface area contributed by atoms with E-state index >= 15 is 0 Å². The average Bonchev–Trinajstić information content (AvgIpc) is 3.96. The van der Waals surface area contributed by atoms with Crippen LogP contribution in [0.15, 0.2) is 77.3 Å². The Kier molecular flexibility index (Phi) is 22.5. The predicted molar refractivity (Wildman–Crippen MR) is 245 cm³/mol. The maximum Gasteiger partial charge on any atom is 0.519 e. The van der Waals surface area contributed by atoms with Crippen molar-refractivity contribution in [1.82, 2.24) is 5.32 Å². The molecular weight excluding hydrogens is 919 g/mol. The van der Waals surface area contributed by atoms with E-state index in [4.69, 9.17) is 45.5 Å². The van der Waals surface area contributed by atoms with Gasteiger partial charge >= 0.3 is 35.4 Å². The molecule has 0 fully saturated rings. The van der Waals surface area contributed by atoms with Gasteiger partial charge in [-0.2, -0.15) is 0 Å². The fourth-order valence-corrected chi connectivity index (χ4v) is 7.03. The second-order valence-corrected chi connectivity index (χ2v) is 16.4. The van der Waals surface area contributed by atoms with Crippen molar-refractivity contribution in [2.24, 2.45) is 5.92 Å². The fraction of sp³-hybridized carbons (Fsp3) is 0.520. The van der Waals surface area contributed by atoms with Gasteiger partial charge < -0.3 is 55.9 Å². The van der Waals surface area contributed by atoms with E-state index in [0.29, 0.717) is 49.8 Å². The van der Waals surface area contributed by atoms with Gasteiger partial charge in [0.2, 0.25) is 5.91 Å². The van der Waals surface area contributed by atoms with Gasteiger partial charge in [0.1, 0.15) is 24.2 Å². The van der Waals surface area contributed by atoms with Crippen molar-refractivity contribution >= 4 is 29.6 Å². The predicted octanol–water partition coefficient (Wildman–Crippen LogP) is 6.47. The van der Waals surface area contributed by atoms with Crippen LogP contribution in [0.2, 0.25) is 0 Å². The van der Waals surface area contributed by atoms with Gasteiger partial charge in [-0.1, -0.05) is 75.7 Å². The molecule has 1 amide bonds. The largest absolute Gasteiger partial charge is 0.519 e. The van der Waals surface area contributed by atoms with E-state index in [2.05, 4.69) is 24.1 Å². The zero-order valence-corrected chi connectivity index (χ0v) is 40.1. The van der Waals surface area contributed by atoms with Crippen molar-refractivity contribution in [3.05, 3.63) is 108 Å². The van der Waals surface area contributed by atoms with Gasteiger partial charge in [-0.25, -0.2) is 24.0 Å². The van der Waals surface area contributed by atoms with Crippen molar-refractivity contribution < 1.29 is 74.5 Å². The summed E-state index contributed by atoms with van der Waals surface area (Å²) in [5, 5.41) is 15.0. The molecule has 3 aromatic heterocycles. The highest BCUT2D eigenvalue weighted by Gasteiger charge is 2.51. The fourth-order valence-electron chi connectivity index (χ4n) is 7.03. The van der Waals surface area contributed by atoms with Crippen LogP contribution in [-0.4, -0.2) is 53.0 Å². The van der Waals surface area contributed by atoms with E-state index in [1.54, 1.807) is 31.2 Å².